The number of carbonyl (C=O) groups excluding carboxylic acids is 2. The minimum Gasteiger partial charge on any atom is -0.469 e. The van der Waals surface area contributed by atoms with E-state index in [-0.39, 0.29) is 23.2 Å². The third kappa shape index (κ3) is 2.69. The highest BCUT2D eigenvalue weighted by Gasteiger charge is 2.58. The molecule has 0 aromatic carbocycles. The van der Waals surface area contributed by atoms with Crippen molar-refractivity contribution in [2.75, 3.05) is 20.3 Å². The smallest absolute Gasteiger partial charge is 0.306 e. The van der Waals surface area contributed by atoms with Crippen LogP contribution in [0.15, 0.2) is 0 Å². The lowest BCUT2D eigenvalue weighted by atomic mass is 9.70. The molecule has 0 aromatic heterocycles. The molecule has 1 aliphatic heterocycles. The van der Waals surface area contributed by atoms with Gasteiger partial charge in [0.15, 0.2) is 0 Å². The molecular weight excluding hydrogens is 244 g/mol. The quantitative estimate of drug-likeness (QED) is 0.548. The normalized spacial score (nSPS) is 33.5. The number of hydrogen-bond acceptors (Lipinski definition) is 4. The summed E-state index contributed by atoms with van der Waals surface area (Å²) < 4.78 is 10.4. The lowest BCUT2D eigenvalue weighted by Crippen LogP contribution is -2.36. The number of Topliss-reactive ketones (excluding diaryl/α,β-unsaturated/α-hetero) is 1. The van der Waals surface area contributed by atoms with Gasteiger partial charge in [-0.3, -0.25) is 9.59 Å². The second-order valence-corrected chi connectivity index (χ2v) is 5.92. The van der Waals surface area contributed by atoms with Crippen LogP contribution in [0.1, 0.15) is 45.4 Å². The van der Waals surface area contributed by atoms with Crippen LogP contribution in [0.3, 0.4) is 0 Å². The van der Waals surface area contributed by atoms with Crippen molar-refractivity contribution in [2.24, 2.45) is 17.3 Å². The van der Waals surface area contributed by atoms with Crippen molar-refractivity contribution in [2.45, 2.75) is 45.4 Å². The largest absolute Gasteiger partial charge is 0.469 e. The van der Waals surface area contributed by atoms with Crippen LogP contribution in [0.2, 0.25) is 0 Å². The van der Waals surface area contributed by atoms with Crippen LogP contribution in [0.25, 0.3) is 0 Å². The average molecular weight is 268 g/mol. The first-order chi connectivity index (χ1) is 9.14. The zero-order valence-corrected chi connectivity index (χ0v) is 11.9. The van der Waals surface area contributed by atoms with E-state index in [1.807, 2.05) is 0 Å². The molecule has 3 unspecified atom stereocenters. The van der Waals surface area contributed by atoms with E-state index in [4.69, 9.17) is 9.47 Å². The van der Waals surface area contributed by atoms with E-state index in [9.17, 15) is 9.59 Å². The van der Waals surface area contributed by atoms with E-state index >= 15 is 0 Å². The molecule has 4 nitrogen and oxygen atoms in total. The number of unbranched alkanes of at least 4 members (excludes halogenated alkanes) is 2. The Balaban J connectivity index is 2.12. The average Bonchev–Trinajstić information content (AvgIpc) is 2.87. The number of rotatable bonds is 6. The van der Waals surface area contributed by atoms with Gasteiger partial charge in [0.1, 0.15) is 5.78 Å². The van der Waals surface area contributed by atoms with Gasteiger partial charge in [0, 0.05) is 17.8 Å². The summed E-state index contributed by atoms with van der Waals surface area (Å²) in [7, 11) is 1.41. The number of hydrogen-bond donors (Lipinski definition) is 0. The fourth-order valence-electron chi connectivity index (χ4n) is 3.73. The second kappa shape index (κ2) is 6.04. The van der Waals surface area contributed by atoms with E-state index in [0.29, 0.717) is 31.8 Å². The van der Waals surface area contributed by atoms with E-state index in [0.717, 1.165) is 25.7 Å². The van der Waals surface area contributed by atoms with Crippen LogP contribution in [-0.4, -0.2) is 32.1 Å². The minimum absolute atomic E-state index is 0.00866. The first kappa shape index (κ1) is 14.5. The van der Waals surface area contributed by atoms with Gasteiger partial charge in [0.05, 0.1) is 26.7 Å². The van der Waals surface area contributed by atoms with Crippen LogP contribution >= 0.6 is 0 Å². The summed E-state index contributed by atoms with van der Waals surface area (Å²) in [5.41, 5.74) is -0.280. The van der Waals surface area contributed by atoms with E-state index in [1.54, 1.807) is 0 Å². The SMILES string of the molecule is CCCCCC1C(=O)CC2COCC21CC(=O)OC. The molecule has 0 aromatic rings. The van der Waals surface area contributed by atoms with Crippen LogP contribution < -0.4 is 0 Å². The number of fused-ring (bicyclic) bond motifs is 1. The highest BCUT2D eigenvalue weighted by molar-refractivity contribution is 5.86. The molecule has 1 heterocycles. The first-order valence-electron chi connectivity index (χ1n) is 7.31. The fourth-order valence-corrected chi connectivity index (χ4v) is 3.73. The van der Waals surface area contributed by atoms with Crippen molar-refractivity contribution in [1.29, 1.82) is 0 Å². The van der Waals surface area contributed by atoms with Crippen LogP contribution in [0.4, 0.5) is 0 Å². The monoisotopic (exact) mass is 268 g/mol. The standard InChI is InChI=1S/C15H24O4/c1-3-4-5-6-12-13(16)7-11-9-19-10-15(11,12)8-14(17)18-2/h11-12H,3-10H2,1-2H3. The molecule has 0 amide bonds. The third-order valence-electron chi connectivity index (χ3n) is 4.83. The summed E-state index contributed by atoms with van der Waals surface area (Å²) in [6, 6.07) is 0. The molecule has 19 heavy (non-hydrogen) atoms. The van der Waals surface area contributed by atoms with Gasteiger partial charge in [-0.1, -0.05) is 26.2 Å². The van der Waals surface area contributed by atoms with Crippen LogP contribution in [0.5, 0.6) is 0 Å². The van der Waals surface area contributed by atoms with E-state index < -0.39 is 0 Å². The van der Waals surface area contributed by atoms with Crippen molar-refractivity contribution in [3.8, 4) is 0 Å². The molecule has 4 heteroatoms. The van der Waals surface area contributed by atoms with Gasteiger partial charge in [-0.05, 0) is 12.3 Å². The van der Waals surface area contributed by atoms with Crippen molar-refractivity contribution in [1.82, 2.24) is 0 Å². The third-order valence-corrected chi connectivity index (χ3v) is 4.83. The molecule has 0 radical (unpaired) electrons. The summed E-state index contributed by atoms with van der Waals surface area (Å²) in [6.07, 6.45) is 5.14. The zero-order chi connectivity index (χ0) is 13.9. The molecule has 1 saturated heterocycles. The summed E-state index contributed by atoms with van der Waals surface area (Å²) in [5, 5.41) is 0. The number of carbonyl (C=O) groups is 2. The zero-order valence-electron chi connectivity index (χ0n) is 11.9. The van der Waals surface area contributed by atoms with Crippen LogP contribution in [0, 0.1) is 17.3 Å². The van der Waals surface area contributed by atoms with Gasteiger partial charge in [-0.25, -0.2) is 0 Å². The lowest BCUT2D eigenvalue weighted by molar-refractivity contribution is -0.145. The molecule has 0 bridgehead atoms. The number of esters is 1. The Morgan fingerprint density at radius 2 is 2.26 bits per heavy atom. The highest BCUT2D eigenvalue weighted by Crippen LogP contribution is 2.54. The van der Waals surface area contributed by atoms with Gasteiger partial charge < -0.3 is 9.47 Å². The Labute approximate surface area is 114 Å². The summed E-state index contributed by atoms with van der Waals surface area (Å²) in [4.78, 5) is 23.9. The number of ketones is 1. The fraction of sp³-hybridized carbons (Fsp3) is 0.867. The maximum Gasteiger partial charge on any atom is 0.306 e. The molecule has 2 fully saturated rings. The minimum atomic E-state index is -0.280. The molecular formula is C15H24O4. The Morgan fingerprint density at radius 1 is 1.47 bits per heavy atom. The first-order valence-corrected chi connectivity index (χ1v) is 7.31. The van der Waals surface area contributed by atoms with Gasteiger partial charge >= 0.3 is 5.97 Å². The molecule has 1 saturated carbocycles. The molecule has 0 N–H and O–H groups in total. The topological polar surface area (TPSA) is 52.6 Å². The molecule has 2 aliphatic rings. The summed E-state index contributed by atoms with van der Waals surface area (Å²) >= 11 is 0. The Hall–Kier alpha value is -0.900. The molecule has 1 aliphatic carbocycles. The Kier molecular flexibility index (Phi) is 4.61. The lowest BCUT2D eigenvalue weighted by Gasteiger charge is -2.32. The molecule has 108 valence electrons. The van der Waals surface area contributed by atoms with Crippen LogP contribution in [-0.2, 0) is 19.1 Å². The molecule has 2 rings (SSSR count). The van der Waals surface area contributed by atoms with Gasteiger partial charge in [0.25, 0.3) is 0 Å². The maximum atomic E-state index is 12.2. The highest BCUT2D eigenvalue weighted by atomic mass is 16.5. The van der Waals surface area contributed by atoms with Crippen molar-refractivity contribution >= 4 is 11.8 Å². The van der Waals surface area contributed by atoms with Gasteiger partial charge in [-0.15, -0.1) is 0 Å². The molecule has 0 spiro atoms. The van der Waals surface area contributed by atoms with Crippen molar-refractivity contribution in [3.05, 3.63) is 0 Å². The Bertz CT molecular complexity index is 352. The molecule has 3 atom stereocenters. The predicted molar refractivity (Wildman–Crippen MR) is 70.6 cm³/mol. The summed E-state index contributed by atoms with van der Waals surface area (Å²) in [5.74, 6) is 0.315. The number of ether oxygens (including phenoxy) is 2. The predicted octanol–water partition coefficient (Wildman–Crippen LogP) is 2.35. The maximum absolute atomic E-state index is 12.2. The summed E-state index contributed by atoms with van der Waals surface area (Å²) in [6.45, 7) is 3.31. The second-order valence-electron chi connectivity index (χ2n) is 5.92. The van der Waals surface area contributed by atoms with E-state index in [2.05, 4.69) is 6.92 Å². The number of methoxy groups -OCH3 is 1. The Morgan fingerprint density at radius 3 is 2.95 bits per heavy atom. The van der Waals surface area contributed by atoms with Gasteiger partial charge in [0.2, 0.25) is 0 Å². The van der Waals surface area contributed by atoms with Gasteiger partial charge in [-0.2, -0.15) is 0 Å². The van der Waals surface area contributed by atoms with E-state index in [1.165, 1.54) is 7.11 Å². The van der Waals surface area contributed by atoms with Crippen molar-refractivity contribution in [3.63, 3.8) is 0 Å². The van der Waals surface area contributed by atoms with Crippen molar-refractivity contribution < 1.29 is 19.1 Å².